The largest absolute Gasteiger partial charge is 0.491 e. The highest BCUT2D eigenvalue weighted by Crippen LogP contribution is 2.33. The molecule has 15 heteroatoms. The van der Waals surface area contributed by atoms with Gasteiger partial charge in [0.1, 0.15) is 54.2 Å². The summed E-state index contributed by atoms with van der Waals surface area (Å²) >= 11 is 15.4. The summed E-state index contributed by atoms with van der Waals surface area (Å²) in [5.41, 5.74) is 5.41. The number of aliphatic imine (C=N–C) groups is 1. The number of thiocarbonyl (C=S) groups is 1. The smallest absolute Gasteiger partial charge is 0.167 e. The van der Waals surface area contributed by atoms with Crippen molar-refractivity contribution in [3.05, 3.63) is 85.5 Å². The van der Waals surface area contributed by atoms with E-state index < -0.39 is 0 Å². The summed E-state index contributed by atoms with van der Waals surface area (Å²) < 4.78 is 26.6. The molecule has 0 saturated carbocycles. The van der Waals surface area contributed by atoms with E-state index >= 15 is 0 Å². The van der Waals surface area contributed by atoms with Crippen LogP contribution in [0.5, 0.6) is 17.2 Å². The molecule has 0 bridgehead atoms. The van der Waals surface area contributed by atoms with E-state index in [1.54, 1.807) is 6.33 Å². The molecular formula is C32H34Br3N7O4S. The van der Waals surface area contributed by atoms with Crippen LogP contribution in [0.15, 0.2) is 79.3 Å². The number of nitrogens with one attached hydrogen (secondary N) is 2. The first kappa shape index (κ1) is 35.2. The molecule has 5 heterocycles. The number of aromatic nitrogens is 3. The fourth-order valence-electron chi connectivity index (χ4n) is 4.76. The van der Waals surface area contributed by atoms with Gasteiger partial charge in [-0.15, -0.1) is 10.2 Å². The molecule has 1 fully saturated rings. The predicted octanol–water partition coefficient (Wildman–Crippen LogP) is 6.05. The second-order valence-electron chi connectivity index (χ2n) is 10.3. The third kappa shape index (κ3) is 9.97. The zero-order valence-corrected chi connectivity index (χ0v) is 31.0. The van der Waals surface area contributed by atoms with Gasteiger partial charge in [-0.1, -0.05) is 60.0 Å². The molecule has 8 rings (SSSR count). The Balaban J connectivity index is 0.000000129. The molecule has 4 aliphatic heterocycles. The van der Waals surface area contributed by atoms with Gasteiger partial charge in [-0.25, -0.2) is 5.84 Å². The number of halogens is 3. The van der Waals surface area contributed by atoms with E-state index in [-0.39, 0.29) is 0 Å². The van der Waals surface area contributed by atoms with Crippen molar-refractivity contribution in [2.24, 2.45) is 10.8 Å². The number of rotatable bonds is 0. The molecule has 248 valence electrons. The number of amidine groups is 1. The van der Waals surface area contributed by atoms with Crippen LogP contribution in [0.25, 0.3) is 11.4 Å². The Hall–Kier alpha value is -3.08. The van der Waals surface area contributed by atoms with Crippen LogP contribution in [0.2, 0.25) is 0 Å². The number of fused-ring (bicyclic) bond motifs is 5. The normalized spacial score (nSPS) is 15.6. The number of nitrogens with zero attached hydrogens (tertiary/aromatic N) is 4. The van der Waals surface area contributed by atoms with Gasteiger partial charge in [-0.05, 0) is 67.4 Å². The Morgan fingerprint density at radius 1 is 0.766 bits per heavy atom. The maximum Gasteiger partial charge on any atom is 0.167 e. The van der Waals surface area contributed by atoms with E-state index in [4.69, 9.17) is 37.0 Å². The topological polar surface area (TPSA) is 130 Å². The molecule has 0 spiro atoms. The van der Waals surface area contributed by atoms with Gasteiger partial charge in [-0.2, -0.15) is 0 Å². The molecule has 1 aromatic heterocycles. The molecule has 3 aromatic carbocycles. The van der Waals surface area contributed by atoms with Gasteiger partial charge >= 0.3 is 0 Å². The van der Waals surface area contributed by atoms with Crippen LogP contribution in [-0.2, 0) is 11.3 Å². The summed E-state index contributed by atoms with van der Waals surface area (Å²) in [6.45, 7) is 6.07. The van der Waals surface area contributed by atoms with Crippen molar-refractivity contribution in [2.75, 3.05) is 46.1 Å². The Morgan fingerprint density at radius 2 is 1.36 bits per heavy atom. The van der Waals surface area contributed by atoms with Gasteiger partial charge in [0.2, 0.25) is 0 Å². The minimum atomic E-state index is 0.583. The van der Waals surface area contributed by atoms with Crippen LogP contribution in [0.1, 0.15) is 24.0 Å². The van der Waals surface area contributed by atoms with Crippen LogP contribution in [0.4, 0.5) is 0 Å². The summed E-state index contributed by atoms with van der Waals surface area (Å²) in [7, 11) is 0. The summed E-state index contributed by atoms with van der Waals surface area (Å²) in [4.78, 5) is 5.02. The average molecular weight is 852 g/mol. The molecule has 4 aromatic rings. The Bertz CT molecular complexity index is 1690. The Kier molecular flexibility index (Phi) is 13.4. The lowest BCUT2D eigenvalue weighted by molar-refractivity contribution is 0.198. The van der Waals surface area contributed by atoms with Gasteiger partial charge in [0, 0.05) is 33.2 Å². The van der Waals surface area contributed by atoms with Crippen molar-refractivity contribution in [1.29, 1.82) is 0 Å². The second-order valence-corrected chi connectivity index (χ2v) is 13.4. The maximum atomic E-state index is 5.63. The summed E-state index contributed by atoms with van der Waals surface area (Å²) in [6.07, 6.45) is 4.29. The molecule has 0 amide bonds. The van der Waals surface area contributed by atoms with Crippen LogP contribution in [0.3, 0.4) is 0 Å². The molecule has 1 saturated heterocycles. The summed E-state index contributed by atoms with van der Waals surface area (Å²) in [5.74, 6) is 9.45. The van der Waals surface area contributed by atoms with E-state index in [1.165, 1.54) is 12.8 Å². The van der Waals surface area contributed by atoms with Crippen molar-refractivity contribution in [3.8, 4) is 28.6 Å². The van der Waals surface area contributed by atoms with E-state index in [1.807, 2.05) is 59.2 Å². The van der Waals surface area contributed by atoms with Gasteiger partial charge in [0.15, 0.2) is 5.82 Å². The van der Waals surface area contributed by atoms with E-state index in [0.29, 0.717) is 32.2 Å². The molecule has 0 aliphatic carbocycles. The van der Waals surface area contributed by atoms with Gasteiger partial charge < -0.3 is 34.3 Å². The van der Waals surface area contributed by atoms with E-state index in [2.05, 4.69) is 73.7 Å². The highest BCUT2D eigenvalue weighted by Gasteiger charge is 2.17. The van der Waals surface area contributed by atoms with E-state index in [9.17, 15) is 0 Å². The van der Waals surface area contributed by atoms with Crippen LogP contribution in [-0.4, -0.2) is 71.7 Å². The number of benzene rings is 3. The monoisotopic (exact) mass is 849 g/mol. The lowest BCUT2D eigenvalue weighted by Crippen LogP contribution is -2.31. The highest BCUT2D eigenvalue weighted by molar-refractivity contribution is 9.11. The minimum Gasteiger partial charge on any atom is -0.491 e. The number of ether oxygens (including phenoxy) is 4. The fourth-order valence-corrected chi connectivity index (χ4v) is 6.10. The minimum absolute atomic E-state index is 0.583. The summed E-state index contributed by atoms with van der Waals surface area (Å²) in [5, 5.41) is 11.1. The molecule has 0 radical (unpaired) electrons. The third-order valence-corrected chi connectivity index (χ3v) is 8.84. The molecule has 11 nitrogen and oxygen atoms in total. The van der Waals surface area contributed by atoms with Gasteiger partial charge in [0.05, 0.1) is 29.8 Å². The number of hydrazine groups is 1. The van der Waals surface area contributed by atoms with Crippen LogP contribution < -0.4 is 30.8 Å². The molecule has 0 unspecified atom stereocenters. The second kappa shape index (κ2) is 17.9. The standard InChI is InChI=1S/C10H8BrN3O.C9H10BrN3O.C9H8BrNOS.C4H8O/c11-7-1-2-9-8(5-7)10-13-12-6-14(10)3-4-15-9;10-6-1-2-8-7(5-6)9(13-11)12-3-4-14-8;10-6-1-2-8-7(5-6)9(13)11-3-4-12-8;1-2-4-5-3-1/h1-2,5-6H,3-4H2;1-2,5H,3-4,11H2,(H,12,13);1-2,5H,3-4H2,(H,11,13);1-4H2. The number of nitrogens with two attached hydrogens (primary N) is 1. The van der Waals surface area contributed by atoms with Crippen molar-refractivity contribution in [2.45, 2.75) is 19.4 Å². The lowest BCUT2D eigenvalue weighted by atomic mass is 10.2. The molecule has 4 N–H and O–H groups in total. The molecule has 4 aliphatic rings. The zero-order valence-electron chi connectivity index (χ0n) is 25.4. The van der Waals surface area contributed by atoms with Crippen molar-refractivity contribution in [1.82, 2.24) is 25.5 Å². The highest BCUT2D eigenvalue weighted by atomic mass is 79.9. The fraction of sp³-hybridized carbons (Fsp3) is 0.312. The average Bonchev–Trinajstić information content (AvgIpc) is 3.71. The Labute approximate surface area is 304 Å². The van der Waals surface area contributed by atoms with Crippen LogP contribution in [0, 0.1) is 0 Å². The van der Waals surface area contributed by atoms with Crippen molar-refractivity contribution < 1.29 is 18.9 Å². The lowest BCUT2D eigenvalue weighted by Gasteiger charge is -2.08. The van der Waals surface area contributed by atoms with E-state index in [0.717, 1.165) is 84.5 Å². The molecule has 0 atom stereocenters. The van der Waals surface area contributed by atoms with Gasteiger partial charge in [0.25, 0.3) is 0 Å². The quantitative estimate of drug-likeness (QED) is 0.109. The first-order valence-electron chi connectivity index (χ1n) is 15.0. The summed E-state index contributed by atoms with van der Waals surface area (Å²) in [6, 6.07) is 17.5. The van der Waals surface area contributed by atoms with Crippen molar-refractivity contribution >= 4 is 70.8 Å². The molecular weight excluding hydrogens is 818 g/mol. The molecule has 47 heavy (non-hydrogen) atoms. The zero-order chi connectivity index (χ0) is 33.0. The SMILES string of the molecule is Brc1ccc2c(c1)-c1nncn1CCO2.C1CCOC1.NNC1=NCCOc2ccc(Br)cc21.S=C1NCCOc2ccc(Br)cc21. The first-order chi connectivity index (χ1) is 22.9. The maximum absolute atomic E-state index is 5.63. The first-order valence-corrected chi connectivity index (χ1v) is 17.7. The van der Waals surface area contributed by atoms with Gasteiger partial charge in [-0.3, -0.25) is 4.99 Å². The van der Waals surface area contributed by atoms with Crippen LogP contribution >= 0.6 is 60.0 Å². The van der Waals surface area contributed by atoms with Crippen molar-refractivity contribution in [3.63, 3.8) is 0 Å². The number of hydrogen-bond acceptors (Lipinski definition) is 10. The predicted molar refractivity (Wildman–Crippen MR) is 196 cm³/mol. The third-order valence-electron chi connectivity index (χ3n) is 7.00. The number of hydrogen-bond donors (Lipinski definition) is 3. The Morgan fingerprint density at radius 3 is 2.02 bits per heavy atom.